The van der Waals surface area contributed by atoms with Crippen LogP contribution in [0.3, 0.4) is 0 Å². The molecule has 6 heteroatoms. The predicted molar refractivity (Wildman–Crippen MR) is 92.2 cm³/mol. The first-order chi connectivity index (χ1) is 10.2. The molecule has 2 rings (SSSR count). The van der Waals surface area contributed by atoms with E-state index >= 15 is 0 Å². The average Bonchev–Trinajstić information content (AvgIpc) is 2.33. The van der Waals surface area contributed by atoms with Crippen molar-refractivity contribution in [3.8, 4) is 0 Å². The third-order valence-corrected chi connectivity index (χ3v) is 4.65. The fraction of sp³-hybridized carbons (Fsp3) is 0.562. The lowest BCUT2D eigenvalue weighted by molar-refractivity contribution is 0.0465. The van der Waals surface area contributed by atoms with Crippen LogP contribution in [0.25, 0.3) is 0 Å². The minimum Gasteiger partial charge on any atom is -0.444 e. The van der Waals surface area contributed by atoms with E-state index in [9.17, 15) is 4.79 Å². The van der Waals surface area contributed by atoms with Gasteiger partial charge in [-0.3, -0.25) is 0 Å². The van der Waals surface area contributed by atoms with Crippen LogP contribution in [-0.4, -0.2) is 23.8 Å². The van der Waals surface area contributed by atoms with Gasteiger partial charge in [-0.05, 0) is 67.2 Å². The highest BCUT2D eigenvalue weighted by molar-refractivity contribution is 9.10. The Labute approximate surface area is 145 Å². The number of hydrogen-bond donors (Lipinski definition) is 2. The average molecular weight is 390 g/mol. The summed E-state index contributed by atoms with van der Waals surface area (Å²) >= 11 is 9.40. The van der Waals surface area contributed by atoms with Crippen molar-refractivity contribution in [1.82, 2.24) is 10.6 Å². The lowest BCUT2D eigenvalue weighted by Crippen LogP contribution is -2.52. The van der Waals surface area contributed by atoms with Crippen LogP contribution in [0.4, 0.5) is 4.79 Å². The second-order valence-corrected chi connectivity index (χ2v) is 7.90. The molecule has 1 fully saturated rings. The highest BCUT2D eigenvalue weighted by atomic mass is 79.9. The molecule has 0 unspecified atom stereocenters. The number of ether oxygens (including phenoxy) is 1. The van der Waals surface area contributed by atoms with E-state index in [1.54, 1.807) is 0 Å². The first kappa shape index (κ1) is 17.6. The molecule has 1 amide bonds. The van der Waals surface area contributed by atoms with E-state index in [0.29, 0.717) is 11.1 Å². The quantitative estimate of drug-likeness (QED) is 0.809. The highest BCUT2D eigenvalue weighted by Crippen LogP contribution is 2.24. The van der Waals surface area contributed by atoms with E-state index in [-0.39, 0.29) is 12.1 Å². The third kappa shape index (κ3) is 5.45. The molecule has 0 spiro atoms. The number of benzene rings is 1. The second-order valence-electron chi connectivity index (χ2n) is 6.64. The van der Waals surface area contributed by atoms with Crippen molar-refractivity contribution in [2.75, 3.05) is 0 Å². The maximum Gasteiger partial charge on any atom is 0.407 e. The molecular formula is C16H22BrClN2O2. The fourth-order valence-electron chi connectivity index (χ4n) is 2.29. The Morgan fingerprint density at radius 1 is 1.36 bits per heavy atom. The number of carbonyl (C=O) groups is 1. The summed E-state index contributed by atoms with van der Waals surface area (Å²) in [5, 5.41) is 7.09. The van der Waals surface area contributed by atoms with Crippen LogP contribution in [0, 0.1) is 0 Å². The Morgan fingerprint density at radius 3 is 2.64 bits per heavy atom. The van der Waals surface area contributed by atoms with Crippen LogP contribution in [0.1, 0.15) is 39.2 Å². The summed E-state index contributed by atoms with van der Waals surface area (Å²) < 4.78 is 6.15. The van der Waals surface area contributed by atoms with E-state index in [1.807, 2.05) is 39.0 Å². The van der Waals surface area contributed by atoms with Gasteiger partial charge in [0.25, 0.3) is 0 Å². The van der Waals surface area contributed by atoms with E-state index in [0.717, 1.165) is 23.9 Å². The van der Waals surface area contributed by atoms with E-state index < -0.39 is 5.60 Å². The van der Waals surface area contributed by atoms with Crippen molar-refractivity contribution in [2.45, 2.75) is 57.8 Å². The van der Waals surface area contributed by atoms with E-state index in [1.165, 1.54) is 5.56 Å². The molecule has 1 saturated carbocycles. The zero-order valence-electron chi connectivity index (χ0n) is 13.1. The molecule has 122 valence electrons. The van der Waals surface area contributed by atoms with Crippen LogP contribution < -0.4 is 10.6 Å². The minimum absolute atomic E-state index is 0.198. The molecule has 0 atom stereocenters. The number of amides is 1. The Hall–Kier alpha value is -0.780. The summed E-state index contributed by atoms with van der Waals surface area (Å²) in [7, 11) is 0. The van der Waals surface area contributed by atoms with Crippen molar-refractivity contribution >= 4 is 33.6 Å². The van der Waals surface area contributed by atoms with Crippen LogP contribution in [-0.2, 0) is 11.3 Å². The topological polar surface area (TPSA) is 50.4 Å². The van der Waals surface area contributed by atoms with Gasteiger partial charge in [0.15, 0.2) is 0 Å². The molecule has 2 N–H and O–H groups in total. The Morgan fingerprint density at radius 2 is 2.05 bits per heavy atom. The summed E-state index contributed by atoms with van der Waals surface area (Å²) in [4.78, 5) is 11.6. The first-order valence-electron chi connectivity index (χ1n) is 7.40. The zero-order chi connectivity index (χ0) is 16.3. The van der Waals surface area contributed by atoms with Gasteiger partial charge in [0, 0.05) is 23.1 Å². The van der Waals surface area contributed by atoms with Crippen LogP contribution >= 0.6 is 27.5 Å². The summed E-state index contributed by atoms with van der Waals surface area (Å²) in [5.41, 5.74) is 0.729. The van der Waals surface area contributed by atoms with Gasteiger partial charge in [-0.1, -0.05) is 17.7 Å². The number of nitrogens with one attached hydrogen (secondary N) is 2. The molecule has 0 radical (unpaired) electrons. The molecule has 0 saturated heterocycles. The maximum absolute atomic E-state index is 11.6. The van der Waals surface area contributed by atoms with Gasteiger partial charge in [0.1, 0.15) is 5.60 Å². The highest BCUT2D eigenvalue weighted by Gasteiger charge is 2.31. The predicted octanol–water partition coefficient (Wildman–Crippen LogP) is 4.25. The number of halogens is 2. The van der Waals surface area contributed by atoms with Crippen molar-refractivity contribution < 1.29 is 9.53 Å². The molecule has 1 aliphatic carbocycles. The van der Waals surface area contributed by atoms with Crippen LogP contribution in [0.5, 0.6) is 0 Å². The maximum atomic E-state index is 11.6. The van der Waals surface area contributed by atoms with Crippen LogP contribution in [0.15, 0.2) is 22.7 Å². The van der Waals surface area contributed by atoms with Crippen molar-refractivity contribution in [3.63, 3.8) is 0 Å². The summed E-state index contributed by atoms with van der Waals surface area (Å²) in [6.45, 7) is 6.38. The summed E-state index contributed by atoms with van der Waals surface area (Å²) in [5.74, 6) is 0. The van der Waals surface area contributed by atoms with Gasteiger partial charge < -0.3 is 15.4 Å². The SMILES string of the molecule is CC(C)(C)OC(=O)NC1CC(NCc2ccc(Cl)c(Br)c2)C1. The van der Waals surface area contributed by atoms with Crippen molar-refractivity contribution in [2.24, 2.45) is 0 Å². The summed E-state index contributed by atoms with van der Waals surface area (Å²) in [6.07, 6.45) is 1.51. The first-order valence-corrected chi connectivity index (χ1v) is 8.57. The van der Waals surface area contributed by atoms with E-state index in [2.05, 4.69) is 26.6 Å². The monoisotopic (exact) mass is 388 g/mol. The van der Waals surface area contributed by atoms with E-state index in [4.69, 9.17) is 16.3 Å². The number of alkyl carbamates (subject to hydrolysis) is 1. The van der Waals surface area contributed by atoms with Crippen LogP contribution in [0.2, 0.25) is 5.02 Å². The Balaban J connectivity index is 1.67. The molecule has 0 bridgehead atoms. The molecule has 4 nitrogen and oxygen atoms in total. The van der Waals surface area contributed by atoms with Gasteiger partial charge in [-0.15, -0.1) is 0 Å². The molecule has 0 heterocycles. The lowest BCUT2D eigenvalue weighted by Gasteiger charge is -2.36. The Kier molecular flexibility index (Phi) is 5.75. The molecule has 1 aromatic rings. The minimum atomic E-state index is -0.451. The molecule has 1 aliphatic rings. The molecule has 0 aromatic heterocycles. The van der Waals surface area contributed by atoms with Crippen molar-refractivity contribution in [3.05, 3.63) is 33.3 Å². The number of hydrogen-bond acceptors (Lipinski definition) is 3. The smallest absolute Gasteiger partial charge is 0.407 e. The molecule has 22 heavy (non-hydrogen) atoms. The normalized spacial score (nSPS) is 21.1. The molecular weight excluding hydrogens is 368 g/mol. The number of carbonyl (C=O) groups excluding carboxylic acids is 1. The standard InChI is InChI=1S/C16H22BrClN2O2/c1-16(2,3)22-15(21)20-12-7-11(8-12)19-9-10-4-5-14(18)13(17)6-10/h4-6,11-12,19H,7-9H2,1-3H3,(H,20,21). The second kappa shape index (κ2) is 7.20. The Bertz CT molecular complexity index is 539. The van der Waals surface area contributed by atoms with Gasteiger partial charge in [0.2, 0.25) is 0 Å². The fourth-order valence-corrected chi connectivity index (χ4v) is 2.83. The lowest BCUT2D eigenvalue weighted by atomic mass is 9.87. The van der Waals surface area contributed by atoms with Gasteiger partial charge in [-0.25, -0.2) is 4.79 Å². The number of rotatable bonds is 4. The van der Waals surface area contributed by atoms with Gasteiger partial charge >= 0.3 is 6.09 Å². The van der Waals surface area contributed by atoms with Gasteiger partial charge in [-0.2, -0.15) is 0 Å². The summed E-state index contributed by atoms with van der Waals surface area (Å²) in [6, 6.07) is 6.54. The van der Waals surface area contributed by atoms with Gasteiger partial charge in [0.05, 0.1) is 5.02 Å². The third-order valence-electron chi connectivity index (χ3n) is 3.44. The van der Waals surface area contributed by atoms with Crippen molar-refractivity contribution in [1.29, 1.82) is 0 Å². The largest absolute Gasteiger partial charge is 0.444 e. The zero-order valence-corrected chi connectivity index (χ0v) is 15.4. The molecule has 0 aliphatic heterocycles. The molecule has 1 aromatic carbocycles.